The third kappa shape index (κ3) is 3.09. The average Bonchev–Trinajstić information content (AvgIpc) is 2.72. The first-order valence-corrected chi connectivity index (χ1v) is 10.3. The number of pyridine rings is 1. The highest BCUT2D eigenvalue weighted by molar-refractivity contribution is 5.89. The normalized spacial score (nSPS) is 13.3. The molecule has 0 radical (unpaired) electrons. The summed E-state index contributed by atoms with van der Waals surface area (Å²) in [5.74, 6) is 1.11. The standard InChI is InChI=1S/C27H26N2/c1-27(2,3)29-25-16-10-7-13-20(25)18-23-22(17-19-11-5-4-6-12-19)21-14-8-9-15-24(21)28-26(23)29/h4-16H,17-18H2,1-3H3. The number of nitrogens with zero attached hydrogens (tertiary/aromatic N) is 2. The summed E-state index contributed by atoms with van der Waals surface area (Å²) in [5, 5.41) is 1.27. The highest BCUT2D eigenvalue weighted by atomic mass is 15.3. The molecule has 1 aliphatic heterocycles. The van der Waals surface area contributed by atoms with Crippen LogP contribution in [0.1, 0.15) is 43.0 Å². The molecule has 2 nitrogen and oxygen atoms in total. The van der Waals surface area contributed by atoms with E-state index in [2.05, 4.69) is 105 Å². The molecule has 2 heterocycles. The lowest BCUT2D eigenvalue weighted by atomic mass is 9.87. The summed E-state index contributed by atoms with van der Waals surface area (Å²) < 4.78 is 0. The topological polar surface area (TPSA) is 16.1 Å². The van der Waals surface area contributed by atoms with Crippen LogP contribution in [0.5, 0.6) is 0 Å². The Bertz CT molecular complexity index is 1190. The molecule has 0 atom stereocenters. The lowest BCUT2D eigenvalue weighted by Crippen LogP contribution is -2.41. The SMILES string of the molecule is CC(C)(C)N1c2ccccc2Cc2c1nc1ccccc1c2Cc1ccccc1. The van der Waals surface area contributed by atoms with Crippen LogP contribution >= 0.6 is 0 Å². The van der Waals surface area contributed by atoms with Gasteiger partial charge < -0.3 is 4.90 Å². The third-order valence-electron chi connectivity index (χ3n) is 5.80. The van der Waals surface area contributed by atoms with Crippen molar-refractivity contribution in [2.75, 3.05) is 4.90 Å². The minimum absolute atomic E-state index is 0.0647. The van der Waals surface area contributed by atoms with Gasteiger partial charge >= 0.3 is 0 Å². The van der Waals surface area contributed by atoms with Crippen molar-refractivity contribution in [2.24, 2.45) is 0 Å². The molecular formula is C27H26N2. The third-order valence-corrected chi connectivity index (χ3v) is 5.80. The van der Waals surface area contributed by atoms with Gasteiger partial charge in [-0.15, -0.1) is 0 Å². The number of hydrogen-bond acceptors (Lipinski definition) is 2. The van der Waals surface area contributed by atoms with Gasteiger partial charge in [0.05, 0.1) is 5.52 Å². The molecule has 0 spiro atoms. The summed E-state index contributed by atoms with van der Waals surface area (Å²) >= 11 is 0. The zero-order chi connectivity index (χ0) is 20.0. The Labute approximate surface area is 172 Å². The molecule has 4 aromatic rings. The molecule has 29 heavy (non-hydrogen) atoms. The maximum Gasteiger partial charge on any atom is 0.138 e. The second-order valence-corrected chi connectivity index (χ2v) is 8.88. The fourth-order valence-electron chi connectivity index (χ4n) is 4.54. The van der Waals surface area contributed by atoms with E-state index in [9.17, 15) is 0 Å². The molecule has 1 aromatic heterocycles. The number of fused-ring (bicyclic) bond motifs is 3. The fraction of sp³-hybridized carbons (Fsp3) is 0.222. The monoisotopic (exact) mass is 378 g/mol. The number of rotatable bonds is 2. The van der Waals surface area contributed by atoms with E-state index in [0.29, 0.717) is 0 Å². The predicted molar refractivity (Wildman–Crippen MR) is 122 cm³/mol. The molecule has 0 saturated carbocycles. The minimum atomic E-state index is -0.0647. The van der Waals surface area contributed by atoms with Gasteiger partial charge in [-0.05, 0) is 56.0 Å². The maximum absolute atomic E-state index is 5.19. The van der Waals surface area contributed by atoms with E-state index in [4.69, 9.17) is 4.98 Å². The van der Waals surface area contributed by atoms with Gasteiger partial charge in [0.2, 0.25) is 0 Å². The van der Waals surface area contributed by atoms with Gasteiger partial charge in [-0.1, -0.05) is 66.7 Å². The van der Waals surface area contributed by atoms with E-state index in [0.717, 1.165) is 24.2 Å². The van der Waals surface area contributed by atoms with Crippen LogP contribution in [0.3, 0.4) is 0 Å². The minimum Gasteiger partial charge on any atom is -0.321 e. The Morgan fingerprint density at radius 2 is 1.52 bits per heavy atom. The highest BCUT2D eigenvalue weighted by Crippen LogP contribution is 2.44. The molecule has 0 amide bonds. The average molecular weight is 379 g/mol. The summed E-state index contributed by atoms with van der Waals surface area (Å²) in [6.07, 6.45) is 1.85. The van der Waals surface area contributed by atoms with Crippen LogP contribution in [0.25, 0.3) is 10.9 Å². The van der Waals surface area contributed by atoms with E-state index in [1.54, 1.807) is 0 Å². The molecule has 0 aliphatic carbocycles. The van der Waals surface area contributed by atoms with Gasteiger partial charge in [-0.25, -0.2) is 4.98 Å². The first-order chi connectivity index (χ1) is 14.0. The van der Waals surface area contributed by atoms with Crippen LogP contribution in [-0.4, -0.2) is 10.5 Å². The largest absolute Gasteiger partial charge is 0.321 e. The molecule has 1 aliphatic rings. The van der Waals surface area contributed by atoms with Crippen molar-refractivity contribution >= 4 is 22.4 Å². The molecular weight excluding hydrogens is 352 g/mol. The van der Waals surface area contributed by atoms with E-state index in [-0.39, 0.29) is 5.54 Å². The Morgan fingerprint density at radius 3 is 2.31 bits per heavy atom. The van der Waals surface area contributed by atoms with Crippen molar-refractivity contribution in [3.63, 3.8) is 0 Å². The summed E-state index contributed by atoms with van der Waals surface area (Å²) in [5.41, 5.74) is 7.77. The second-order valence-electron chi connectivity index (χ2n) is 8.88. The van der Waals surface area contributed by atoms with Crippen molar-refractivity contribution in [3.05, 3.63) is 101 Å². The first-order valence-electron chi connectivity index (χ1n) is 10.3. The van der Waals surface area contributed by atoms with Crippen molar-refractivity contribution < 1.29 is 0 Å². The number of anilines is 2. The quantitative estimate of drug-likeness (QED) is 0.387. The Morgan fingerprint density at radius 1 is 0.828 bits per heavy atom. The summed E-state index contributed by atoms with van der Waals surface area (Å²) in [6, 6.07) is 28.1. The van der Waals surface area contributed by atoms with Crippen molar-refractivity contribution in [2.45, 2.75) is 39.2 Å². The van der Waals surface area contributed by atoms with Crippen molar-refractivity contribution in [1.82, 2.24) is 4.98 Å². The Balaban J connectivity index is 1.80. The van der Waals surface area contributed by atoms with Crippen LogP contribution in [0, 0.1) is 0 Å². The smallest absolute Gasteiger partial charge is 0.138 e. The zero-order valence-corrected chi connectivity index (χ0v) is 17.3. The molecule has 0 N–H and O–H groups in total. The van der Waals surface area contributed by atoms with Gasteiger partial charge in [-0.2, -0.15) is 0 Å². The molecule has 144 valence electrons. The van der Waals surface area contributed by atoms with Crippen LogP contribution in [-0.2, 0) is 12.8 Å². The molecule has 5 rings (SSSR count). The molecule has 0 bridgehead atoms. The van der Waals surface area contributed by atoms with Crippen molar-refractivity contribution in [3.8, 4) is 0 Å². The van der Waals surface area contributed by atoms with Crippen LogP contribution in [0.4, 0.5) is 11.5 Å². The molecule has 0 saturated heterocycles. The summed E-state index contributed by atoms with van der Waals surface area (Å²) in [7, 11) is 0. The number of para-hydroxylation sites is 2. The Kier molecular flexibility index (Phi) is 4.16. The number of aromatic nitrogens is 1. The second kappa shape index (κ2) is 6.73. The summed E-state index contributed by atoms with van der Waals surface area (Å²) in [4.78, 5) is 7.62. The number of hydrogen-bond donors (Lipinski definition) is 0. The van der Waals surface area contributed by atoms with Crippen molar-refractivity contribution in [1.29, 1.82) is 0 Å². The van der Waals surface area contributed by atoms with Gasteiger partial charge in [-0.3, -0.25) is 0 Å². The lowest BCUT2D eigenvalue weighted by Gasteiger charge is -2.42. The molecule has 2 heteroatoms. The Hall–Kier alpha value is -3.13. The van der Waals surface area contributed by atoms with E-state index < -0.39 is 0 Å². The maximum atomic E-state index is 5.19. The van der Waals surface area contributed by atoms with E-state index in [1.165, 1.54) is 33.3 Å². The molecule has 3 aromatic carbocycles. The van der Waals surface area contributed by atoms with E-state index >= 15 is 0 Å². The van der Waals surface area contributed by atoms with Crippen LogP contribution < -0.4 is 4.90 Å². The van der Waals surface area contributed by atoms with E-state index in [1.807, 2.05) is 0 Å². The first kappa shape index (κ1) is 17.9. The van der Waals surface area contributed by atoms with Crippen LogP contribution in [0.2, 0.25) is 0 Å². The zero-order valence-electron chi connectivity index (χ0n) is 17.3. The van der Waals surface area contributed by atoms with Gasteiger partial charge in [0.1, 0.15) is 5.82 Å². The molecule has 0 unspecified atom stereocenters. The summed E-state index contributed by atoms with van der Waals surface area (Å²) in [6.45, 7) is 6.81. The van der Waals surface area contributed by atoms with Crippen LogP contribution in [0.15, 0.2) is 78.9 Å². The highest BCUT2D eigenvalue weighted by Gasteiger charge is 2.33. The fourth-order valence-corrected chi connectivity index (χ4v) is 4.54. The van der Waals surface area contributed by atoms with Gasteiger partial charge in [0.25, 0.3) is 0 Å². The van der Waals surface area contributed by atoms with Gasteiger partial charge in [0, 0.05) is 28.6 Å². The number of benzene rings is 3. The van der Waals surface area contributed by atoms with Gasteiger partial charge in [0.15, 0.2) is 0 Å². The molecule has 0 fully saturated rings. The lowest BCUT2D eigenvalue weighted by molar-refractivity contribution is 0.549. The predicted octanol–water partition coefficient (Wildman–Crippen LogP) is 6.67.